The minimum Gasteiger partial charge on any atom is -0.507 e. The van der Waals surface area contributed by atoms with Gasteiger partial charge >= 0.3 is 5.97 Å². The van der Waals surface area contributed by atoms with Crippen LogP contribution in [-0.4, -0.2) is 34.2 Å². The van der Waals surface area contributed by atoms with E-state index in [9.17, 15) is 19.5 Å². The van der Waals surface area contributed by atoms with Crippen molar-refractivity contribution in [2.24, 2.45) is 0 Å². The van der Waals surface area contributed by atoms with Gasteiger partial charge in [0.1, 0.15) is 11.5 Å². The first-order valence-electron chi connectivity index (χ1n) is 9.16. The molecule has 1 saturated heterocycles. The first kappa shape index (κ1) is 20.8. The maximum absolute atomic E-state index is 12.8. The van der Waals surface area contributed by atoms with E-state index in [2.05, 4.69) is 15.9 Å². The van der Waals surface area contributed by atoms with Gasteiger partial charge in [0.15, 0.2) is 0 Å². The molecule has 1 fully saturated rings. The lowest BCUT2D eigenvalue weighted by atomic mass is 9.95. The Morgan fingerprint density at radius 2 is 1.72 bits per heavy atom. The molecule has 150 valence electrons. The molecule has 1 unspecified atom stereocenters. The molecular formula is C22H20BrNO5. The summed E-state index contributed by atoms with van der Waals surface area (Å²) in [5.41, 5.74) is 1.14. The number of halogens is 1. The van der Waals surface area contributed by atoms with Gasteiger partial charge in [-0.1, -0.05) is 47.1 Å². The van der Waals surface area contributed by atoms with Crippen LogP contribution in [0.4, 0.5) is 0 Å². The van der Waals surface area contributed by atoms with E-state index < -0.39 is 23.7 Å². The zero-order chi connectivity index (χ0) is 21.1. The van der Waals surface area contributed by atoms with Crippen LogP contribution in [0.2, 0.25) is 0 Å². The second kappa shape index (κ2) is 8.61. The highest BCUT2D eigenvalue weighted by Gasteiger charge is 2.45. The number of aliphatic hydroxyl groups excluding tert-OH is 1. The average Bonchev–Trinajstić information content (AvgIpc) is 2.93. The lowest BCUT2D eigenvalue weighted by Crippen LogP contribution is -2.30. The summed E-state index contributed by atoms with van der Waals surface area (Å²) in [7, 11) is 0. The second-order valence-electron chi connectivity index (χ2n) is 6.66. The molecule has 0 aliphatic carbocycles. The highest BCUT2D eigenvalue weighted by molar-refractivity contribution is 9.10. The van der Waals surface area contributed by atoms with Crippen molar-refractivity contribution in [3.63, 3.8) is 0 Å². The molecule has 1 amide bonds. The van der Waals surface area contributed by atoms with Gasteiger partial charge in [0.05, 0.1) is 11.6 Å². The fourth-order valence-corrected chi connectivity index (χ4v) is 3.61. The SMILES string of the molecule is CCCN1C(=O)C(=O)/C(=C(\O)c2ccc(Br)cc2)C1c1ccc(OC(C)=O)cc1. The molecule has 3 rings (SSSR count). The van der Waals surface area contributed by atoms with E-state index >= 15 is 0 Å². The van der Waals surface area contributed by atoms with Gasteiger partial charge in [-0.2, -0.15) is 0 Å². The van der Waals surface area contributed by atoms with E-state index in [1.165, 1.54) is 11.8 Å². The van der Waals surface area contributed by atoms with Crippen molar-refractivity contribution in [2.45, 2.75) is 26.3 Å². The molecule has 0 radical (unpaired) electrons. The minimum absolute atomic E-state index is 0.0472. The van der Waals surface area contributed by atoms with Gasteiger partial charge in [-0.3, -0.25) is 14.4 Å². The summed E-state index contributed by atoms with van der Waals surface area (Å²) in [5.74, 6) is -1.65. The molecule has 1 heterocycles. The quantitative estimate of drug-likeness (QED) is 0.239. The summed E-state index contributed by atoms with van der Waals surface area (Å²) >= 11 is 3.34. The normalized spacial score (nSPS) is 18.2. The van der Waals surface area contributed by atoms with Crippen molar-refractivity contribution in [2.75, 3.05) is 6.54 Å². The monoisotopic (exact) mass is 457 g/mol. The number of rotatable bonds is 5. The standard InChI is InChI=1S/C22H20BrNO5/c1-3-12-24-19(14-6-10-17(11-7-14)29-13(2)25)18(21(27)22(24)28)20(26)15-4-8-16(23)9-5-15/h4-11,19,26H,3,12H2,1-2H3/b20-18-. The van der Waals surface area contributed by atoms with Crippen LogP contribution in [0.3, 0.4) is 0 Å². The molecule has 0 spiro atoms. The van der Waals surface area contributed by atoms with Crippen molar-refractivity contribution in [3.05, 3.63) is 69.7 Å². The topological polar surface area (TPSA) is 83.9 Å². The molecule has 1 aliphatic heterocycles. The van der Waals surface area contributed by atoms with Gasteiger partial charge in [-0.05, 0) is 36.2 Å². The van der Waals surface area contributed by atoms with Crippen LogP contribution in [0.5, 0.6) is 5.75 Å². The number of nitrogens with zero attached hydrogens (tertiary/aromatic N) is 1. The number of amides is 1. The summed E-state index contributed by atoms with van der Waals surface area (Å²) in [4.78, 5) is 38.0. The number of carbonyl (C=O) groups excluding carboxylic acids is 3. The second-order valence-corrected chi connectivity index (χ2v) is 7.58. The molecule has 1 N–H and O–H groups in total. The van der Waals surface area contributed by atoms with E-state index in [0.29, 0.717) is 29.8 Å². The van der Waals surface area contributed by atoms with Gasteiger partial charge in [0, 0.05) is 23.5 Å². The molecular weight excluding hydrogens is 438 g/mol. The van der Waals surface area contributed by atoms with Gasteiger partial charge in [-0.15, -0.1) is 0 Å². The smallest absolute Gasteiger partial charge is 0.308 e. The number of aliphatic hydroxyl groups is 1. The van der Waals surface area contributed by atoms with E-state index in [4.69, 9.17) is 4.74 Å². The number of hydrogen-bond acceptors (Lipinski definition) is 5. The zero-order valence-electron chi connectivity index (χ0n) is 16.0. The van der Waals surface area contributed by atoms with Gasteiger partial charge in [-0.25, -0.2) is 0 Å². The molecule has 0 bridgehead atoms. The van der Waals surface area contributed by atoms with E-state index in [1.54, 1.807) is 48.5 Å². The number of likely N-dealkylation sites (tertiary alicyclic amines) is 1. The third kappa shape index (κ3) is 4.24. The van der Waals surface area contributed by atoms with Crippen molar-refractivity contribution < 1.29 is 24.2 Å². The fourth-order valence-electron chi connectivity index (χ4n) is 3.35. The highest BCUT2D eigenvalue weighted by Crippen LogP contribution is 2.40. The van der Waals surface area contributed by atoms with Crippen molar-refractivity contribution in [1.29, 1.82) is 0 Å². The van der Waals surface area contributed by atoms with Crippen LogP contribution in [0.15, 0.2) is 58.6 Å². The molecule has 0 saturated carbocycles. The largest absolute Gasteiger partial charge is 0.507 e. The predicted octanol–water partition coefficient (Wildman–Crippen LogP) is 4.21. The Balaban J connectivity index is 2.10. The molecule has 2 aromatic carbocycles. The Bertz CT molecular complexity index is 979. The zero-order valence-corrected chi connectivity index (χ0v) is 17.6. The summed E-state index contributed by atoms with van der Waals surface area (Å²) in [6.07, 6.45) is 0.660. The highest BCUT2D eigenvalue weighted by atomic mass is 79.9. The van der Waals surface area contributed by atoms with Crippen LogP contribution in [0, 0.1) is 0 Å². The number of ketones is 1. The molecule has 1 atom stereocenters. The molecule has 7 heteroatoms. The molecule has 2 aromatic rings. The Morgan fingerprint density at radius 1 is 1.10 bits per heavy atom. The maximum atomic E-state index is 12.8. The van der Waals surface area contributed by atoms with Crippen molar-refractivity contribution >= 4 is 39.3 Å². The number of Topliss-reactive ketones (excluding diaryl/α,β-unsaturated/α-hetero) is 1. The van der Waals surface area contributed by atoms with Crippen molar-refractivity contribution in [1.82, 2.24) is 4.90 Å². The summed E-state index contributed by atoms with van der Waals surface area (Å²) in [5, 5.41) is 10.9. The summed E-state index contributed by atoms with van der Waals surface area (Å²) in [6, 6.07) is 12.7. The summed E-state index contributed by atoms with van der Waals surface area (Å²) in [6.45, 7) is 3.59. The van der Waals surface area contributed by atoms with Gasteiger partial charge in [0.25, 0.3) is 11.7 Å². The van der Waals surface area contributed by atoms with E-state index in [0.717, 1.165) is 4.47 Å². The number of benzene rings is 2. The van der Waals surface area contributed by atoms with Gasteiger partial charge in [0.2, 0.25) is 0 Å². The van der Waals surface area contributed by atoms with Crippen LogP contribution in [0.1, 0.15) is 37.4 Å². The van der Waals surface area contributed by atoms with Crippen LogP contribution in [-0.2, 0) is 14.4 Å². The van der Waals surface area contributed by atoms with E-state index in [-0.39, 0.29) is 11.3 Å². The van der Waals surface area contributed by atoms with Gasteiger partial charge < -0.3 is 14.7 Å². The minimum atomic E-state index is -0.718. The third-order valence-electron chi connectivity index (χ3n) is 4.58. The summed E-state index contributed by atoms with van der Waals surface area (Å²) < 4.78 is 5.88. The lowest BCUT2D eigenvalue weighted by Gasteiger charge is -2.25. The Hall–Kier alpha value is -2.93. The molecule has 6 nitrogen and oxygen atoms in total. The first-order chi connectivity index (χ1) is 13.8. The molecule has 1 aliphatic rings. The fraction of sp³-hybridized carbons (Fsp3) is 0.227. The third-order valence-corrected chi connectivity index (χ3v) is 5.11. The number of esters is 1. The van der Waals surface area contributed by atoms with Crippen LogP contribution in [0.25, 0.3) is 5.76 Å². The van der Waals surface area contributed by atoms with Crippen LogP contribution >= 0.6 is 15.9 Å². The number of ether oxygens (including phenoxy) is 1. The molecule has 29 heavy (non-hydrogen) atoms. The number of carbonyl (C=O) groups is 3. The Morgan fingerprint density at radius 3 is 2.28 bits per heavy atom. The number of hydrogen-bond donors (Lipinski definition) is 1. The Labute approximate surface area is 176 Å². The van der Waals surface area contributed by atoms with E-state index in [1.807, 2.05) is 6.92 Å². The average molecular weight is 458 g/mol. The Kier molecular flexibility index (Phi) is 6.17. The first-order valence-corrected chi connectivity index (χ1v) is 9.95. The maximum Gasteiger partial charge on any atom is 0.308 e. The van der Waals surface area contributed by atoms with Crippen LogP contribution < -0.4 is 4.74 Å². The van der Waals surface area contributed by atoms with Crippen molar-refractivity contribution in [3.8, 4) is 5.75 Å². The molecule has 0 aromatic heterocycles. The predicted molar refractivity (Wildman–Crippen MR) is 111 cm³/mol. The lowest BCUT2D eigenvalue weighted by molar-refractivity contribution is -0.139.